The van der Waals surface area contributed by atoms with Crippen molar-refractivity contribution in [2.24, 2.45) is 0 Å². The van der Waals surface area contributed by atoms with Gasteiger partial charge in [0.2, 0.25) is 0 Å². The molecule has 0 rings (SSSR count). The standard InChI is InChI=1S/C73H128O6/c1-4-7-10-13-16-19-22-24-26-27-28-29-30-31-32-33-34-35-36-37-38-39-40-41-42-43-44-45-47-48-51-54-57-60-63-66-72(75)78-69-70(68-77-71(74)65-62-59-56-53-50-21-18-15-12-9-6-3)79-73(76)67-64-61-58-55-52-49-46-25-23-20-17-14-11-8-5-2/h7,10,16-17,19-20,24-26,28-29,31-32,46,70H,4-6,8-9,11-15,18,21-23,27,30,33-45,47-69H2,1-3H3/b10-7-,19-16-,20-17-,26-24-,29-28-,32-31-,46-25-. The van der Waals surface area contributed by atoms with E-state index in [-0.39, 0.29) is 31.1 Å². The second-order valence-electron chi connectivity index (χ2n) is 22.7. The Balaban J connectivity index is 4.07. The zero-order valence-corrected chi connectivity index (χ0v) is 52.4. The van der Waals surface area contributed by atoms with E-state index in [0.29, 0.717) is 19.3 Å². The highest BCUT2D eigenvalue weighted by Crippen LogP contribution is 2.17. The van der Waals surface area contributed by atoms with Crippen LogP contribution in [0.5, 0.6) is 0 Å². The summed E-state index contributed by atoms with van der Waals surface area (Å²) in [6.45, 7) is 6.52. The Hall–Kier alpha value is -3.41. The van der Waals surface area contributed by atoms with E-state index in [1.54, 1.807) is 0 Å². The van der Waals surface area contributed by atoms with Crippen LogP contribution >= 0.6 is 0 Å². The minimum atomic E-state index is -0.779. The molecule has 0 radical (unpaired) electrons. The zero-order valence-electron chi connectivity index (χ0n) is 52.4. The number of unbranched alkanes of at least 4 members (excludes halogenated alkanes) is 37. The summed E-state index contributed by atoms with van der Waals surface area (Å²) in [5, 5.41) is 0. The lowest BCUT2D eigenvalue weighted by Crippen LogP contribution is -2.30. The second kappa shape index (κ2) is 67.1. The Morgan fingerprint density at radius 1 is 0.266 bits per heavy atom. The first-order valence-electron chi connectivity index (χ1n) is 34.1. The predicted molar refractivity (Wildman–Crippen MR) is 344 cm³/mol. The van der Waals surface area contributed by atoms with Crippen LogP contribution in [0.15, 0.2) is 85.1 Å². The van der Waals surface area contributed by atoms with Crippen LogP contribution in [0.4, 0.5) is 0 Å². The molecule has 0 amide bonds. The van der Waals surface area contributed by atoms with Gasteiger partial charge in [-0.15, -0.1) is 0 Å². The van der Waals surface area contributed by atoms with Crippen molar-refractivity contribution in [3.8, 4) is 0 Å². The molecule has 0 aliphatic carbocycles. The highest BCUT2D eigenvalue weighted by molar-refractivity contribution is 5.71. The topological polar surface area (TPSA) is 78.9 Å². The largest absolute Gasteiger partial charge is 0.462 e. The Labute approximate surface area is 490 Å². The molecular formula is C73H128O6. The lowest BCUT2D eigenvalue weighted by molar-refractivity contribution is -0.167. The van der Waals surface area contributed by atoms with Crippen LogP contribution in [-0.4, -0.2) is 37.2 Å². The van der Waals surface area contributed by atoms with Crippen LogP contribution in [-0.2, 0) is 28.6 Å². The number of esters is 3. The molecule has 0 saturated heterocycles. The van der Waals surface area contributed by atoms with Gasteiger partial charge in [0, 0.05) is 19.3 Å². The third kappa shape index (κ3) is 65.3. The minimum Gasteiger partial charge on any atom is -0.462 e. The predicted octanol–water partition coefficient (Wildman–Crippen LogP) is 23.4. The Morgan fingerprint density at radius 3 is 0.797 bits per heavy atom. The van der Waals surface area contributed by atoms with Crippen molar-refractivity contribution in [3.63, 3.8) is 0 Å². The summed E-state index contributed by atoms with van der Waals surface area (Å²) < 4.78 is 16.9. The van der Waals surface area contributed by atoms with E-state index in [0.717, 1.165) is 116 Å². The van der Waals surface area contributed by atoms with Gasteiger partial charge >= 0.3 is 17.9 Å². The molecule has 456 valence electrons. The molecule has 0 saturated carbocycles. The van der Waals surface area contributed by atoms with Gasteiger partial charge in [-0.3, -0.25) is 14.4 Å². The number of carbonyl (C=O) groups excluding carboxylic acids is 3. The number of ether oxygens (including phenoxy) is 3. The Bertz CT molecular complexity index is 1500. The molecule has 0 N–H and O–H groups in total. The smallest absolute Gasteiger partial charge is 0.306 e. The molecule has 79 heavy (non-hydrogen) atoms. The number of carbonyl (C=O) groups is 3. The van der Waals surface area contributed by atoms with E-state index >= 15 is 0 Å². The molecule has 0 heterocycles. The SMILES string of the molecule is CC/C=C\C/C=C\C/C=C\C/C=C\C/C=C\CCCCCCCCCCCCCCCCCCCCCC(=O)OCC(COC(=O)CCCCCCCCCCCCC)OC(=O)CCCCCCC/C=C\C/C=C\CCCCC. The van der Waals surface area contributed by atoms with Gasteiger partial charge in [-0.1, -0.05) is 311 Å². The van der Waals surface area contributed by atoms with Crippen LogP contribution in [0.3, 0.4) is 0 Å². The summed E-state index contributed by atoms with van der Waals surface area (Å²) in [4.78, 5) is 38.2. The first kappa shape index (κ1) is 75.6. The van der Waals surface area contributed by atoms with Crippen LogP contribution in [0.1, 0.15) is 342 Å². The molecule has 0 bridgehead atoms. The number of rotatable bonds is 62. The maximum absolute atomic E-state index is 12.9. The van der Waals surface area contributed by atoms with Gasteiger partial charge in [0.25, 0.3) is 0 Å². The molecule has 0 aromatic rings. The molecule has 6 nitrogen and oxygen atoms in total. The Morgan fingerprint density at radius 2 is 0.494 bits per heavy atom. The number of hydrogen-bond acceptors (Lipinski definition) is 6. The molecule has 6 heteroatoms. The van der Waals surface area contributed by atoms with Crippen molar-refractivity contribution >= 4 is 17.9 Å². The van der Waals surface area contributed by atoms with Gasteiger partial charge in [0.15, 0.2) is 6.10 Å². The minimum absolute atomic E-state index is 0.0763. The maximum atomic E-state index is 12.9. The van der Waals surface area contributed by atoms with Crippen molar-refractivity contribution < 1.29 is 28.6 Å². The fraction of sp³-hybridized carbons (Fsp3) is 0.767. The third-order valence-electron chi connectivity index (χ3n) is 14.9. The van der Waals surface area contributed by atoms with Gasteiger partial charge in [-0.05, 0) is 96.3 Å². The summed E-state index contributed by atoms with van der Waals surface area (Å²) >= 11 is 0. The molecule has 1 atom stereocenters. The van der Waals surface area contributed by atoms with E-state index in [9.17, 15) is 14.4 Å². The zero-order chi connectivity index (χ0) is 57.1. The average Bonchev–Trinajstić information content (AvgIpc) is 3.45. The molecule has 0 aliphatic heterocycles. The summed E-state index contributed by atoms with van der Waals surface area (Å²) in [6, 6.07) is 0. The van der Waals surface area contributed by atoms with Gasteiger partial charge in [-0.25, -0.2) is 0 Å². The van der Waals surface area contributed by atoms with Crippen LogP contribution in [0.25, 0.3) is 0 Å². The normalized spacial score (nSPS) is 12.6. The highest BCUT2D eigenvalue weighted by atomic mass is 16.6. The van der Waals surface area contributed by atoms with Crippen LogP contribution in [0, 0.1) is 0 Å². The van der Waals surface area contributed by atoms with Gasteiger partial charge in [-0.2, -0.15) is 0 Å². The van der Waals surface area contributed by atoms with Gasteiger partial charge in [0.1, 0.15) is 13.2 Å². The fourth-order valence-electron chi connectivity index (χ4n) is 9.80. The van der Waals surface area contributed by atoms with Crippen LogP contribution in [0.2, 0.25) is 0 Å². The lowest BCUT2D eigenvalue weighted by Gasteiger charge is -2.18. The van der Waals surface area contributed by atoms with E-state index < -0.39 is 6.10 Å². The summed E-state index contributed by atoms with van der Waals surface area (Å²) in [5.41, 5.74) is 0. The van der Waals surface area contributed by atoms with E-state index in [4.69, 9.17) is 14.2 Å². The van der Waals surface area contributed by atoms with Crippen molar-refractivity contribution in [2.45, 2.75) is 348 Å². The molecule has 0 spiro atoms. The summed E-state index contributed by atoms with van der Waals surface area (Å²) in [6.07, 6.45) is 89.1. The first-order chi connectivity index (χ1) is 39.0. The lowest BCUT2D eigenvalue weighted by atomic mass is 10.0. The highest BCUT2D eigenvalue weighted by Gasteiger charge is 2.19. The van der Waals surface area contributed by atoms with Crippen LogP contribution < -0.4 is 0 Å². The first-order valence-corrected chi connectivity index (χ1v) is 34.1. The van der Waals surface area contributed by atoms with Gasteiger partial charge in [0.05, 0.1) is 0 Å². The quantitative estimate of drug-likeness (QED) is 0.0261. The molecule has 0 aromatic carbocycles. The van der Waals surface area contributed by atoms with Crippen molar-refractivity contribution in [3.05, 3.63) is 85.1 Å². The monoisotopic (exact) mass is 1100 g/mol. The maximum Gasteiger partial charge on any atom is 0.306 e. The number of allylic oxidation sites excluding steroid dienone is 14. The van der Waals surface area contributed by atoms with E-state index in [1.807, 2.05) is 0 Å². The summed E-state index contributed by atoms with van der Waals surface area (Å²) in [5.74, 6) is -0.874. The molecule has 0 aromatic heterocycles. The van der Waals surface area contributed by atoms with E-state index in [1.165, 1.54) is 186 Å². The molecule has 0 fully saturated rings. The molecule has 1 unspecified atom stereocenters. The molecule has 0 aliphatic rings. The third-order valence-corrected chi connectivity index (χ3v) is 14.9. The van der Waals surface area contributed by atoms with Crippen molar-refractivity contribution in [1.82, 2.24) is 0 Å². The second-order valence-corrected chi connectivity index (χ2v) is 22.7. The Kier molecular flexibility index (Phi) is 64.2. The number of hydrogen-bond donors (Lipinski definition) is 0. The van der Waals surface area contributed by atoms with Gasteiger partial charge < -0.3 is 14.2 Å². The summed E-state index contributed by atoms with van der Waals surface area (Å²) in [7, 11) is 0. The van der Waals surface area contributed by atoms with Crippen molar-refractivity contribution in [2.75, 3.05) is 13.2 Å². The van der Waals surface area contributed by atoms with E-state index in [2.05, 4.69) is 106 Å². The fourth-order valence-corrected chi connectivity index (χ4v) is 9.80. The molecular weight excluding hydrogens is 973 g/mol. The average molecular weight is 1100 g/mol. The van der Waals surface area contributed by atoms with Crippen molar-refractivity contribution in [1.29, 1.82) is 0 Å².